The van der Waals surface area contributed by atoms with E-state index in [-0.39, 0.29) is 24.0 Å². The lowest BCUT2D eigenvalue weighted by Crippen LogP contribution is -2.37. The van der Waals surface area contributed by atoms with Gasteiger partial charge in [-0.3, -0.25) is 4.99 Å². The minimum atomic E-state index is 0. The number of ether oxygens (including phenoxy) is 1. The number of guanidine groups is 1. The Labute approximate surface area is 150 Å². The molecular weight excluding hydrogens is 395 g/mol. The molecule has 0 spiro atoms. The summed E-state index contributed by atoms with van der Waals surface area (Å²) < 4.78 is 10.6. The third-order valence-electron chi connectivity index (χ3n) is 3.03. The summed E-state index contributed by atoms with van der Waals surface area (Å²) >= 11 is 0. The van der Waals surface area contributed by atoms with Crippen molar-refractivity contribution >= 4 is 29.9 Å². The van der Waals surface area contributed by atoms with Crippen molar-refractivity contribution in [2.45, 2.75) is 46.1 Å². The molecule has 7 heteroatoms. The van der Waals surface area contributed by atoms with Gasteiger partial charge in [-0.15, -0.1) is 24.0 Å². The van der Waals surface area contributed by atoms with Crippen molar-refractivity contribution in [1.29, 1.82) is 0 Å². The van der Waals surface area contributed by atoms with Gasteiger partial charge in [0.15, 0.2) is 11.7 Å². The number of nitrogens with one attached hydrogen (secondary N) is 2. The fourth-order valence-corrected chi connectivity index (χ4v) is 1.76. The van der Waals surface area contributed by atoms with Gasteiger partial charge in [0, 0.05) is 32.9 Å². The molecule has 1 aromatic heterocycles. The largest absolute Gasteiger partial charge is 0.382 e. The molecule has 0 atom stereocenters. The maximum absolute atomic E-state index is 5.30. The second-order valence-corrected chi connectivity index (χ2v) is 5.13. The molecule has 22 heavy (non-hydrogen) atoms. The van der Waals surface area contributed by atoms with Crippen LogP contribution in [0.4, 0.5) is 0 Å². The molecule has 1 rings (SSSR count). The standard InChI is InChI=1S/C15H28N4O2.HI/c1-5-20-9-7-6-8-17-15(16-4)18-11-13-10-14(12(2)3)19-21-13;/h10,12H,5-9,11H2,1-4H3,(H2,16,17,18);1H. The van der Waals surface area contributed by atoms with Crippen LogP contribution in [-0.4, -0.2) is 37.9 Å². The summed E-state index contributed by atoms with van der Waals surface area (Å²) in [5.74, 6) is 1.97. The average molecular weight is 424 g/mol. The number of unbranched alkanes of at least 4 members (excludes halogenated alkanes) is 1. The monoisotopic (exact) mass is 424 g/mol. The number of hydrogen-bond donors (Lipinski definition) is 2. The van der Waals surface area contributed by atoms with Crippen molar-refractivity contribution in [3.63, 3.8) is 0 Å². The summed E-state index contributed by atoms with van der Waals surface area (Å²) in [4.78, 5) is 4.18. The molecule has 0 unspecified atom stereocenters. The van der Waals surface area contributed by atoms with Crippen molar-refractivity contribution in [1.82, 2.24) is 15.8 Å². The van der Waals surface area contributed by atoms with Crippen LogP contribution in [0.3, 0.4) is 0 Å². The summed E-state index contributed by atoms with van der Waals surface area (Å²) in [7, 11) is 1.76. The van der Waals surface area contributed by atoms with Gasteiger partial charge in [-0.05, 0) is 25.7 Å². The van der Waals surface area contributed by atoms with Crippen LogP contribution in [0, 0.1) is 0 Å². The van der Waals surface area contributed by atoms with Crippen LogP contribution < -0.4 is 10.6 Å². The van der Waals surface area contributed by atoms with E-state index in [9.17, 15) is 0 Å². The third-order valence-corrected chi connectivity index (χ3v) is 3.03. The molecule has 1 heterocycles. The van der Waals surface area contributed by atoms with E-state index < -0.39 is 0 Å². The maximum atomic E-state index is 5.30. The van der Waals surface area contributed by atoms with Crippen molar-refractivity contribution in [3.8, 4) is 0 Å². The lowest BCUT2D eigenvalue weighted by Gasteiger charge is -2.10. The fourth-order valence-electron chi connectivity index (χ4n) is 1.76. The highest BCUT2D eigenvalue weighted by atomic mass is 127. The highest BCUT2D eigenvalue weighted by molar-refractivity contribution is 14.0. The summed E-state index contributed by atoms with van der Waals surface area (Å²) in [6, 6.07) is 1.98. The number of hydrogen-bond acceptors (Lipinski definition) is 4. The first-order valence-electron chi connectivity index (χ1n) is 7.65. The maximum Gasteiger partial charge on any atom is 0.191 e. The Morgan fingerprint density at radius 1 is 1.36 bits per heavy atom. The van der Waals surface area contributed by atoms with Crippen LogP contribution in [-0.2, 0) is 11.3 Å². The highest BCUT2D eigenvalue weighted by Crippen LogP contribution is 2.13. The first kappa shape index (κ1) is 21.2. The van der Waals surface area contributed by atoms with Gasteiger partial charge in [-0.25, -0.2) is 0 Å². The SMILES string of the molecule is CCOCCCCNC(=NC)NCc1cc(C(C)C)no1.I. The van der Waals surface area contributed by atoms with Crippen LogP contribution in [0.15, 0.2) is 15.6 Å². The molecule has 0 amide bonds. The second-order valence-electron chi connectivity index (χ2n) is 5.13. The van der Waals surface area contributed by atoms with E-state index in [2.05, 4.69) is 34.6 Å². The van der Waals surface area contributed by atoms with Gasteiger partial charge >= 0.3 is 0 Å². The Kier molecular flexibility index (Phi) is 12.2. The van der Waals surface area contributed by atoms with Gasteiger partial charge in [-0.2, -0.15) is 0 Å². The first-order valence-corrected chi connectivity index (χ1v) is 7.65. The van der Waals surface area contributed by atoms with Crippen LogP contribution in [0.2, 0.25) is 0 Å². The molecule has 0 aromatic carbocycles. The number of halogens is 1. The molecule has 0 saturated carbocycles. The Morgan fingerprint density at radius 3 is 2.73 bits per heavy atom. The predicted molar refractivity (Wildman–Crippen MR) is 99.9 cm³/mol. The molecule has 0 fully saturated rings. The lowest BCUT2D eigenvalue weighted by molar-refractivity contribution is 0.143. The lowest BCUT2D eigenvalue weighted by atomic mass is 10.1. The van der Waals surface area contributed by atoms with E-state index in [1.165, 1.54) is 0 Å². The molecule has 0 saturated heterocycles. The minimum Gasteiger partial charge on any atom is -0.382 e. The summed E-state index contributed by atoms with van der Waals surface area (Å²) in [6.07, 6.45) is 2.11. The van der Waals surface area contributed by atoms with E-state index in [1.807, 2.05) is 13.0 Å². The molecule has 0 bridgehead atoms. The van der Waals surface area contributed by atoms with Gasteiger partial charge in [-0.1, -0.05) is 19.0 Å². The number of rotatable bonds is 9. The normalized spacial score (nSPS) is 11.4. The van der Waals surface area contributed by atoms with E-state index >= 15 is 0 Å². The van der Waals surface area contributed by atoms with Crippen molar-refractivity contribution in [2.75, 3.05) is 26.8 Å². The molecular formula is C15H29IN4O2. The Balaban J connectivity index is 0.00000441. The molecule has 0 aliphatic heterocycles. The van der Waals surface area contributed by atoms with Gasteiger partial charge in [0.05, 0.1) is 12.2 Å². The Hall–Kier alpha value is -0.830. The zero-order valence-corrected chi connectivity index (χ0v) is 16.3. The van der Waals surface area contributed by atoms with Gasteiger partial charge in [0.2, 0.25) is 0 Å². The molecule has 0 radical (unpaired) electrons. The van der Waals surface area contributed by atoms with Crippen molar-refractivity contribution in [2.24, 2.45) is 4.99 Å². The average Bonchev–Trinajstić information content (AvgIpc) is 2.95. The topological polar surface area (TPSA) is 71.7 Å². The van der Waals surface area contributed by atoms with E-state index in [0.29, 0.717) is 12.5 Å². The van der Waals surface area contributed by atoms with E-state index in [1.54, 1.807) is 7.05 Å². The highest BCUT2D eigenvalue weighted by Gasteiger charge is 2.07. The zero-order valence-electron chi connectivity index (χ0n) is 14.0. The van der Waals surface area contributed by atoms with Crippen molar-refractivity contribution < 1.29 is 9.26 Å². The van der Waals surface area contributed by atoms with Crippen molar-refractivity contribution in [3.05, 3.63) is 17.5 Å². The minimum absolute atomic E-state index is 0. The van der Waals surface area contributed by atoms with E-state index in [0.717, 1.165) is 50.0 Å². The summed E-state index contributed by atoms with van der Waals surface area (Å²) in [5.41, 5.74) is 0.977. The van der Waals surface area contributed by atoms with E-state index in [4.69, 9.17) is 9.26 Å². The Morgan fingerprint density at radius 2 is 2.14 bits per heavy atom. The van der Waals surface area contributed by atoms with Crippen LogP contribution in [0.25, 0.3) is 0 Å². The summed E-state index contributed by atoms with van der Waals surface area (Å²) in [5, 5.41) is 10.5. The van der Waals surface area contributed by atoms with Gasteiger partial charge < -0.3 is 19.9 Å². The van der Waals surface area contributed by atoms with Crippen LogP contribution >= 0.6 is 24.0 Å². The molecule has 2 N–H and O–H groups in total. The number of aromatic nitrogens is 1. The van der Waals surface area contributed by atoms with Crippen LogP contribution in [0.1, 0.15) is 51.0 Å². The Bertz CT molecular complexity index is 421. The zero-order chi connectivity index (χ0) is 15.5. The van der Waals surface area contributed by atoms with Gasteiger partial charge in [0.1, 0.15) is 0 Å². The number of aliphatic imine (C=N–C) groups is 1. The quantitative estimate of drug-likeness (QED) is 0.276. The molecule has 1 aromatic rings. The molecule has 0 aliphatic carbocycles. The first-order chi connectivity index (χ1) is 10.2. The molecule has 128 valence electrons. The second kappa shape index (κ2) is 12.7. The van der Waals surface area contributed by atoms with Gasteiger partial charge in [0.25, 0.3) is 0 Å². The molecule has 0 aliphatic rings. The third kappa shape index (κ3) is 8.57. The molecule has 6 nitrogen and oxygen atoms in total. The van der Waals surface area contributed by atoms with Crippen LogP contribution in [0.5, 0.6) is 0 Å². The number of nitrogens with zero attached hydrogens (tertiary/aromatic N) is 2. The predicted octanol–water partition coefficient (Wildman–Crippen LogP) is 2.90. The summed E-state index contributed by atoms with van der Waals surface area (Å²) in [6.45, 7) is 9.26. The smallest absolute Gasteiger partial charge is 0.191 e. The fraction of sp³-hybridized carbons (Fsp3) is 0.733.